The Morgan fingerprint density at radius 1 is 0.552 bits per heavy atom. The summed E-state index contributed by atoms with van der Waals surface area (Å²) in [4.78, 5) is 24.1. The van der Waals surface area contributed by atoms with E-state index in [-0.39, 0.29) is 11.9 Å². The normalized spacial score (nSPS) is 10.2. The summed E-state index contributed by atoms with van der Waals surface area (Å²) in [6.07, 6.45) is 0.365. The lowest BCUT2D eigenvalue weighted by atomic mass is 10.1. The summed E-state index contributed by atoms with van der Waals surface area (Å²) in [7, 11) is 0. The number of nitrogens with one attached hydrogen (secondary N) is 3. The van der Waals surface area contributed by atoms with Crippen LogP contribution in [0.15, 0.2) is 84.9 Å². The number of benzene rings is 3. The van der Waals surface area contributed by atoms with E-state index in [0.29, 0.717) is 26.1 Å². The summed E-state index contributed by atoms with van der Waals surface area (Å²) in [5, 5.41) is 8.64. The van der Waals surface area contributed by atoms with Gasteiger partial charge in [0, 0.05) is 19.6 Å². The van der Waals surface area contributed by atoms with Crippen molar-refractivity contribution in [3.8, 4) is 0 Å². The zero-order valence-corrected chi connectivity index (χ0v) is 16.2. The van der Waals surface area contributed by atoms with Gasteiger partial charge in [-0.1, -0.05) is 84.9 Å². The van der Waals surface area contributed by atoms with Gasteiger partial charge in [-0.3, -0.25) is 4.79 Å². The van der Waals surface area contributed by atoms with E-state index in [1.54, 1.807) is 0 Å². The van der Waals surface area contributed by atoms with Crippen LogP contribution < -0.4 is 16.0 Å². The number of carbonyl (C=O) groups excluding carboxylic acids is 2. The third kappa shape index (κ3) is 7.14. The van der Waals surface area contributed by atoms with E-state index in [0.717, 1.165) is 22.3 Å². The molecule has 0 unspecified atom stereocenters. The summed E-state index contributed by atoms with van der Waals surface area (Å²) in [5.74, 6) is -0.0139. The molecular formula is C24H25N3O2. The van der Waals surface area contributed by atoms with Crippen molar-refractivity contribution in [1.29, 1.82) is 0 Å². The average molecular weight is 387 g/mol. The second kappa shape index (κ2) is 10.7. The Hall–Kier alpha value is -3.60. The predicted molar refractivity (Wildman–Crippen MR) is 114 cm³/mol. The predicted octanol–water partition coefficient (Wildman–Crippen LogP) is 3.54. The number of hydrogen-bond acceptors (Lipinski definition) is 2. The molecule has 0 heterocycles. The highest BCUT2D eigenvalue weighted by Crippen LogP contribution is 2.06. The second-order valence-corrected chi connectivity index (χ2v) is 6.78. The molecule has 3 rings (SSSR count). The summed E-state index contributed by atoms with van der Waals surface area (Å²) in [5.41, 5.74) is 4.02. The molecule has 3 aromatic rings. The molecule has 0 saturated carbocycles. The van der Waals surface area contributed by atoms with Gasteiger partial charge in [0.05, 0.1) is 6.42 Å². The largest absolute Gasteiger partial charge is 0.352 e. The molecule has 0 aliphatic heterocycles. The molecule has 0 aliphatic rings. The molecule has 148 valence electrons. The smallest absolute Gasteiger partial charge is 0.315 e. The van der Waals surface area contributed by atoms with Gasteiger partial charge in [-0.2, -0.15) is 0 Å². The molecule has 5 heteroatoms. The van der Waals surface area contributed by atoms with Gasteiger partial charge in [-0.05, 0) is 22.3 Å². The van der Waals surface area contributed by atoms with Crippen molar-refractivity contribution in [3.05, 3.63) is 107 Å². The van der Waals surface area contributed by atoms with Crippen LogP contribution >= 0.6 is 0 Å². The summed E-state index contributed by atoms with van der Waals surface area (Å²) in [6.45, 7) is 1.37. The molecule has 0 bridgehead atoms. The molecule has 0 aromatic heterocycles. The zero-order chi connectivity index (χ0) is 20.3. The third-order valence-electron chi connectivity index (χ3n) is 4.44. The van der Waals surface area contributed by atoms with Crippen LogP contribution in [-0.2, 0) is 30.8 Å². The molecule has 0 fully saturated rings. The number of urea groups is 1. The van der Waals surface area contributed by atoms with Crippen LogP contribution in [0.3, 0.4) is 0 Å². The Labute approximate surface area is 171 Å². The molecule has 0 aliphatic carbocycles. The highest BCUT2D eigenvalue weighted by atomic mass is 16.2. The van der Waals surface area contributed by atoms with Gasteiger partial charge in [0.2, 0.25) is 5.91 Å². The molecule has 0 spiro atoms. The van der Waals surface area contributed by atoms with E-state index >= 15 is 0 Å². The average Bonchev–Trinajstić information content (AvgIpc) is 2.76. The lowest BCUT2D eigenvalue weighted by molar-refractivity contribution is -0.120. The second-order valence-electron chi connectivity index (χ2n) is 6.78. The van der Waals surface area contributed by atoms with Crippen LogP contribution in [0, 0.1) is 0 Å². The third-order valence-corrected chi connectivity index (χ3v) is 4.44. The highest BCUT2D eigenvalue weighted by molar-refractivity contribution is 5.78. The van der Waals surface area contributed by atoms with Crippen molar-refractivity contribution < 1.29 is 9.59 Å². The molecule has 0 radical (unpaired) electrons. The molecule has 0 saturated heterocycles. The monoisotopic (exact) mass is 387 g/mol. The number of hydrogen-bond donors (Lipinski definition) is 3. The molecule has 0 atom stereocenters. The highest BCUT2D eigenvalue weighted by Gasteiger charge is 2.05. The molecular weight excluding hydrogens is 362 g/mol. The fourth-order valence-electron chi connectivity index (χ4n) is 2.92. The summed E-state index contributed by atoms with van der Waals surface area (Å²) in [6, 6.07) is 27.0. The summed E-state index contributed by atoms with van der Waals surface area (Å²) < 4.78 is 0. The van der Waals surface area contributed by atoms with Crippen molar-refractivity contribution in [2.24, 2.45) is 0 Å². The maximum atomic E-state index is 12.1. The maximum Gasteiger partial charge on any atom is 0.315 e. The van der Waals surface area contributed by atoms with Gasteiger partial charge in [0.25, 0.3) is 0 Å². The minimum atomic E-state index is -0.213. The topological polar surface area (TPSA) is 70.2 Å². The van der Waals surface area contributed by atoms with Crippen LogP contribution in [0.25, 0.3) is 0 Å². The fraction of sp³-hybridized carbons (Fsp3) is 0.167. The quantitative estimate of drug-likeness (QED) is 0.553. The Morgan fingerprint density at radius 2 is 1.03 bits per heavy atom. The Bertz CT molecular complexity index is 927. The van der Waals surface area contributed by atoms with Crippen molar-refractivity contribution in [2.75, 3.05) is 0 Å². The van der Waals surface area contributed by atoms with Gasteiger partial charge >= 0.3 is 6.03 Å². The van der Waals surface area contributed by atoms with Gasteiger partial charge in [0.15, 0.2) is 0 Å². The van der Waals surface area contributed by atoms with Crippen molar-refractivity contribution in [2.45, 2.75) is 26.1 Å². The SMILES string of the molecule is O=C(Cc1ccccc1)NCc1cccc(CNC(=O)NCc2ccccc2)c1. The zero-order valence-electron chi connectivity index (χ0n) is 16.2. The maximum absolute atomic E-state index is 12.1. The van der Waals surface area contributed by atoms with E-state index < -0.39 is 0 Å². The Morgan fingerprint density at radius 3 is 1.66 bits per heavy atom. The Balaban J connectivity index is 1.41. The van der Waals surface area contributed by atoms with E-state index in [1.807, 2.05) is 84.9 Å². The standard InChI is InChI=1S/C24H25N3O2/c28-23(15-19-8-3-1-4-9-19)25-17-21-12-7-13-22(14-21)18-27-24(29)26-16-20-10-5-2-6-11-20/h1-14H,15-18H2,(H,25,28)(H2,26,27,29). The number of rotatable bonds is 8. The lowest BCUT2D eigenvalue weighted by Gasteiger charge is -2.10. The minimum absolute atomic E-state index is 0.0139. The van der Waals surface area contributed by atoms with Crippen molar-refractivity contribution in [1.82, 2.24) is 16.0 Å². The van der Waals surface area contributed by atoms with E-state index in [9.17, 15) is 9.59 Å². The first kappa shape index (κ1) is 20.1. The minimum Gasteiger partial charge on any atom is -0.352 e. The van der Waals surface area contributed by atoms with Gasteiger partial charge < -0.3 is 16.0 Å². The number of carbonyl (C=O) groups is 2. The van der Waals surface area contributed by atoms with Crippen LogP contribution in [0.5, 0.6) is 0 Å². The number of amides is 3. The lowest BCUT2D eigenvalue weighted by Crippen LogP contribution is -2.34. The first-order valence-electron chi connectivity index (χ1n) is 9.63. The molecule has 29 heavy (non-hydrogen) atoms. The molecule has 5 nitrogen and oxygen atoms in total. The van der Waals surface area contributed by atoms with Crippen LogP contribution in [-0.4, -0.2) is 11.9 Å². The molecule has 3 amide bonds. The van der Waals surface area contributed by atoms with Gasteiger partial charge in [-0.15, -0.1) is 0 Å². The van der Waals surface area contributed by atoms with Crippen molar-refractivity contribution >= 4 is 11.9 Å². The first-order chi connectivity index (χ1) is 14.2. The van der Waals surface area contributed by atoms with E-state index in [4.69, 9.17) is 0 Å². The first-order valence-corrected chi connectivity index (χ1v) is 9.63. The van der Waals surface area contributed by atoms with Crippen LogP contribution in [0.2, 0.25) is 0 Å². The van der Waals surface area contributed by atoms with E-state index in [2.05, 4.69) is 16.0 Å². The van der Waals surface area contributed by atoms with Crippen molar-refractivity contribution in [3.63, 3.8) is 0 Å². The summed E-state index contributed by atoms with van der Waals surface area (Å²) >= 11 is 0. The van der Waals surface area contributed by atoms with Crippen LogP contribution in [0.1, 0.15) is 22.3 Å². The van der Waals surface area contributed by atoms with Gasteiger partial charge in [-0.25, -0.2) is 4.79 Å². The van der Waals surface area contributed by atoms with E-state index in [1.165, 1.54) is 0 Å². The Kier molecular flexibility index (Phi) is 7.41. The van der Waals surface area contributed by atoms with Gasteiger partial charge in [0.1, 0.15) is 0 Å². The molecule has 3 N–H and O–H groups in total. The fourth-order valence-corrected chi connectivity index (χ4v) is 2.92. The van der Waals surface area contributed by atoms with Crippen LogP contribution in [0.4, 0.5) is 4.79 Å². The molecule has 3 aromatic carbocycles.